The van der Waals surface area contributed by atoms with Crippen LogP contribution in [0.2, 0.25) is 0 Å². The van der Waals surface area contributed by atoms with Crippen molar-refractivity contribution in [3.05, 3.63) is 24.0 Å². The predicted octanol–water partition coefficient (Wildman–Crippen LogP) is 2.60. The van der Waals surface area contributed by atoms with E-state index >= 15 is 0 Å². The van der Waals surface area contributed by atoms with Crippen LogP contribution < -0.4 is 0 Å². The number of piperidine rings is 1. The van der Waals surface area contributed by atoms with Crippen molar-refractivity contribution in [3.8, 4) is 5.75 Å². The first-order valence-electron chi connectivity index (χ1n) is 8.17. The Morgan fingerprint density at radius 2 is 2.22 bits per heavy atom. The van der Waals surface area contributed by atoms with E-state index in [2.05, 4.69) is 21.8 Å². The molecule has 124 valence electrons. The van der Waals surface area contributed by atoms with Gasteiger partial charge in [0.25, 0.3) is 0 Å². The van der Waals surface area contributed by atoms with E-state index in [1.165, 1.54) is 0 Å². The second kappa shape index (κ2) is 6.58. The first-order chi connectivity index (χ1) is 11.1. The minimum atomic E-state index is -0.0704. The zero-order chi connectivity index (χ0) is 16.4. The molecule has 1 aromatic heterocycles. The Morgan fingerprint density at radius 1 is 1.48 bits per heavy atom. The Morgan fingerprint density at radius 3 is 2.91 bits per heavy atom. The van der Waals surface area contributed by atoms with Crippen LogP contribution in [0.5, 0.6) is 5.75 Å². The van der Waals surface area contributed by atoms with Crippen LogP contribution in [0.15, 0.2) is 18.2 Å². The molecule has 1 saturated heterocycles. The van der Waals surface area contributed by atoms with Gasteiger partial charge in [0.15, 0.2) is 0 Å². The number of rotatable bonds is 4. The number of nitrogens with zero attached hydrogens (tertiary/aromatic N) is 2. The summed E-state index contributed by atoms with van der Waals surface area (Å²) in [5.74, 6) is 1.07. The molecule has 0 bridgehead atoms. The predicted molar refractivity (Wildman–Crippen MR) is 87.1 cm³/mol. The van der Waals surface area contributed by atoms with E-state index in [4.69, 9.17) is 4.74 Å². The van der Waals surface area contributed by atoms with Gasteiger partial charge in [0.1, 0.15) is 11.6 Å². The van der Waals surface area contributed by atoms with E-state index in [0.717, 1.165) is 42.8 Å². The van der Waals surface area contributed by atoms with Crippen LogP contribution in [0.4, 0.5) is 0 Å². The molecular weight excluding hydrogens is 294 g/mol. The molecule has 6 nitrogen and oxygen atoms in total. The molecule has 0 amide bonds. The fourth-order valence-electron chi connectivity index (χ4n) is 3.17. The number of carbonyl (C=O) groups is 1. The lowest BCUT2D eigenvalue weighted by atomic mass is 9.96. The largest absolute Gasteiger partial charge is 0.508 e. The number of aromatic hydroxyl groups is 1. The van der Waals surface area contributed by atoms with Crippen molar-refractivity contribution in [2.45, 2.75) is 32.7 Å². The number of aromatic amines is 1. The molecule has 0 aliphatic carbocycles. The molecule has 1 fully saturated rings. The van der Waals surface area contributed by atoms with Gasteiger partial charge in [-0.2, -0.15) is 0 Å². The molecule has 1 aromatic carbocycles. The van der Waals surface area contributed by atoms with Gasteiger partial charge >= 0.3 is 5.97 Å². The highest BCUT2D eigenvalue weighted by molar-refractivity contribution is 5.76. The maximum atomic E-state index is 11.8. The van der Waals surface area contributed by atoms with Gasteiger partial charge in [-0.3, -0.25) is 9.69 Å². The number of esters is 1. The number of fused-ring (bicyclic) bond motifs is 1. The van der Waals surface area contributed by atoms with Crippen molar-refractivity contribution in [3.63, 3.8) is 0 Å². The number of phenols is 1. The second-order valence-corrected chi connectivity index (χ2v) is 6.06. The molecule has 2 aromatic rings. The lowest BCUT2D eigenvalue weighted by Gasteiger charge is -2.34. The van der Waals surface area contributed by atoms with Crippen molar-refractivity contribution in [1.29, 1.82) is 0 Å². The van der Waals surface area contributed by atoms with Crippen LogP contribution in [0.25, 0.3) is 11.0 Å². The average Bonchev–Trinajstić information content (AvgIpc) is 2.97. The molecule has 1 aliphatic rings. The van der Waals surface area contributed by atoms with E-state index in [9.17, 15) is 9.90 Å². The third-order valence-corrected chi connectivity index (χ3v) is 4.58. The first-order valence-corrected chi connectivity index (χ1v) is 8.17. The third kappa shape index (κ3) is 3.32. The number of imidazole rings is 1. The molecular formula is C17H23N3O3. The van der Waals surface area contributed by atoms with Crippen LogP contribution in [-0.2, 0) is 9.53 Å². The van der Waals surface area contributed by atoms with Gasteiger partial charge in [-0.05, 0) is 51.9 Å². The molecule has 0 radical (unpaired) electrons. The van der Waals surface area contributed by atoms with Crippen molar-refractivity contribution >= 4 is 17.0 Å². The fourth-order valence-corrected chi connectivity index (χ4v) is 3.17. The molecule has 6 heteroatoms. The normalized spacial score (nSPS) is 18.2. The molecule has 1 aliphatic heterocycles. The minimum absolute atomic E-state index is 0.0195. The molecule has 1 unspecified atom stereocenters. The summed E-state index contributed by atoms with van der Waals surface area (Å²) in [7, 11) is 0. The topological polar surface area (TPSA) is 78.4 Å². The Kier molecular flexibility index (Phi) is 4.52. The minimum Gasteiger partial charge on any atom is -0.508 e. The summed E-state index contributed by atoms with van der Waals surface area (Å²) < 4.78 is 5.11. The molecule has 0 saturated carbocycles. The highest BCUT2D eigenvalue weighted by atomic mass is 16.5. The van der Waals surface area contributed by atoms with Gasteiger partial charge in [0.05, 0.1) is 29.6 Å². The highest BCUT2D eigenvalue weighted by Crippen LogP contribution is 2.27. The number of aromatic nitrogens is 2. The third-order valence-electron chi connectivity index (χ3n) is 4.58. The Bertz CT molecular complexity index is 689. The van der Waals surface area contributed by atoms with E-state index in [0.29, 0.717) is 6.61 Å². The van der Waals surface area contributed by atoms with Crippen molar-refractivity contribution in [1.82, 2.24) is 14.9 Å². The summed E-state index contributed by atoms with van der Waals surface area (Å²) in [6.07, 6.45) is 1.65. The van der Waals surface area contributed by atoms with Crippen LogP contribution in [0.3, 0.4) is 0 Å². The van der Waals surface area contributed by atoms with E-state index in [1.54, 1.807) is 12.1 Å². The van der Waals surface area contributed by atoms with Crippen LogP contribution in [0, 0.1) is 5.92 Å². The molecule has 1 atom stereocenters. The summed E-state index contributed by atoms with van der Waals surface area (Å²) in [6, 6.07) is 5.28. The summed E-state index contributed by atoms with van der Waals surface area (Å²) in [5.41, 5.74) is 1.69. The number of nitrogens with one attached hydrogen (secondary N) is 1. The Labute approximate surface area is 135 Å². The number of carbonyl (C=O) groups excluding carboxylic acids is 1. The van der Waals surface area contributed by atoms with Crippen LogP contribution >= 0.6 is 0 Å². The number of ether oxygens (including phenoxy) is 1. The molecule has 0 spiro atoms. The van der Waals surface area contributed by atoms with Crippen molar-refractivity contribution < 1.29 is 14.6 Å². The number of hydrogen-bond donors (Lipinski definition) is 2. The Hall–Kier alpha value is -2.08. The number of hydrogen-bond acceptors (Lipinski definition) is 5. The SMILES string of the molecule is CCOC(=O)C1CCN(C(C)c2nc3ccc(O)cc3[nH]2)CC1. The van der Waals surface area contributed by atoms with E-state index < -0.39 is 0 Å². The smallest absolute Gasteiger partial charge is 0.309 e. The quantitative estimate of drug-likeness (QED) is 0.848. The van der Waals surface area contributed by atoms with Crippen molar-refractivity contribution in [2.75, 3.05) is 19.7 Å². The fraction of sp³-hybridized carbons (Fsp3) is 0.529. The average molecular weight is 317 g/mol. The van der Waals surface area contributed by atoms with Gasteiger partial charge in [0, 0.05) is 6.07 Å². The van der Waals surface area contributed by atoms with Gasteiger partial charge in [-0.25, -0.2) is 4.98 Å². The zero-order valence-corrected chi connectivity index (χ0v) is 13.6. The number of likely N-dealkylation sites (tertiary alicyclic amines) is 1. The van der Waals surface area contributed by atoms with Crippen LogP contribution in [-0.4, -0.2) is 45.6 Å². The molecule has 3 rings (SSSR count). The summed E-state index contributed by atoms with van der Waals surface area (Å²) in [4.78, 5) is 22.0. The second-order valence-electron chi connectivity index (χ2n) is 6.06. The van der Waals surface area contributed by atoms with E-state index in [-0.39, 0.29) is 23.7 Å². The Balaban J connectivity index is 1.66. The van der Waals surface area contributed by atoms with Gasteiger partial charge < -0.3 is 14.8 Å². The lowest BCUT2D eigenvalue weighted by Crippen LogP contribution is -2.38. The van der Waals surface area contributed by atoms with Crippen molar-refractivity contribution in [2.24, 2.45) is 5.92 Å². The van der Waals surface area contributed by atoms with Gasteiger partial charge in [-0.1, -0.05) is 0 Å². The number of benzene rings is 1. The first kappa shape index (κ1) is 15.8. The highest BCUT2D eigenvalue weighted by Gasteiger charge is 2.29. The monoisotopic (exact) mass is 317 g/mol. The molecule has 23 heavy (non-hydrogen) atoms. The van der Waals surface area contributed by atoms with Crippen LogP contribution in [0.1, 0.15) is 38.6 Å². The van der Waals surface area contributed by atoms with Gasteiger partial charge in [-0.15, -0.1) is 0 Å². The summed E-state index contributed by atoms with van der Waals surface area (Å²) in [5, 5.41) is 9.55. The maximum Gasteiger partial charge on any atom is 0.309 e. The standard InChI is InChI=1S/C17H23N3O3/c1-3-23-17(22)12-6-8-20(9-7-12)11(2)16-18-14-5-4-13(21)10-15(14)19-16/h4-5,10-12,21H,3,6-9H2,1-2H3,(H,18,19). The maximum absolute atomic E-state index is 11.8. The summed E-state index contributed by atoms with van der Waals surface area (Å²) in [6.45, 7) is 6.11. The van der Waals surface area contributed by atoms with E-state index in [1.807, 2.05) is 13.0 Å². The molecule has 2 heterocycles. The zero-order valence-electron chi connectivity index (χ0n) is 13.6. The number of H-pyrrole nitrogens is 1. The molecule has 2 N–H and O–H groups in total. The summed E-state index contributed by atoms with van der Waals surface area (Å²) >= 11 is 0. The number of phenolic OH excluding ortho intramolecular Hbond substituents is 1. The lowest BCUT2D eigenvalue weighted by molar-refractivity contribution is -0.149. The van der Waals surface area contributed by atoms with Gasteiger partial charge in [0.2, 0.25) is 0 Å².